The van der Waals surface area contributed by atoms with Gasteiger partial charge in [-0.2, -0.15) is 0 Å². The van der Waals surface area contributed by atoms with Gasteiger partial charge in [-0.15, -0.1) is 0 Å². The first kappa shape index (κ1) is 24.6. The molecule has 33 heavy (non-hydrogen) atoms. The summed E-state index contributed by atoms with van der Waals surface area (Å²) >= 11 is 0. The number of sulfonamides is 2. The average Bonchev–Trinajstić information content (AvgIpc) is 2.81. The summed E-state index contributed by atoms with van der Waals surface area (Å²) in [5.74, 6) is 0.298. The number of benzene rings is 3. The number of methoxy groups -OCH3 is 1. The van der Waals surface area contributed by atoms with Crippen LogP contribution >= 0.6 is 0 Å². The molecule has 3 aromatic rings. The van der Waals surface area contributed by atoms with Crippen molar-refractivity contribution in [1.29, 1.82) is 0 Å². The fourth-order valence-electron chi connectivity index (χ4n) is 3.35. The van der Waals surface area contributed by atoms with Gasteiger partial charge in [0.05, 0.1) is 48.8 Å². The van der Waals surface area contributed by atoms with Crippen LogP contribution in [0.25, 0.3) is 0 Å². The Balaban J connectivity index is 2.00. The normalized spacial score (nSPS) is 12.7. The van der Waals surface area contributed by atoms with E-state index in [1.165, 1.54) is 19.2 Å². The first-order valence-electron chi connectivity index (χ1n) is 10.1. The third kappa shape index (κ3) is 5.84. The maximum absolute atomic E-state index is 13.5. The molecule has 0 saturated heterocycles. The SMILES string of the molecule is COc1ccccc1N(C[C@@H](O)CN(c1ccccc1)S(C)(=O)=O)S(=O)(=O)c1ccccc1. The Morgan fingerprint density at radius 3 is 1.88 bits per heavy atom. The van der Waals surface area contributed by atoms with E-state index in [1.807, 2.05) is 0 Å². The molecule has 0 aliphatic rings. The first-order valence-corrected chi connectivity index (χ1v) is 13.3. The predicted octanol–water partition coefficient (Wildman–Crippen LogP) is 2.72. The summed E-state index contributed by atoms with van der Waals surface area (Å²) in [6.45, 7) is -0.727. The Kier molecular flexibility index (Phi) is 7.62. The number of aliphatic hydroxyl groups is 1. The van der Waals surface area contributed by atoms with Crippen molar-refractivity contribution in [2.45, 2.75) is 11.0 Å². The van der Waals surface area contributed by atoms with Gasteiger partial charge in [0, 0.05) is 0 Å². The summed E-state index contributed by atoms with van der Waals surface area (Å²) in [5.41, 5.74) is 0.599. The molecular weight excluding hydrogens is 464 g/mol. The maximum atomic E-state index is 13.5. The van der Waals surface area contributed by atoms with Gasteiger partial charge in [0.2, 0.25) is 10.0 Å². The van der Waals surface area contributed by atoms with Crippen LogP contribution in [0.4, 0.5) is 11.4 Å². The van der Waals surface area contributed by atoms with Crippen molar-refractivity contribution in [2.24, 2.45) is 0 Å². The van der Waals surface area contributed by atoms with Gasteiger partial charge >= 0.3 is 0 Å². The molecule has 1 atom stereocenters. The molecule has 176 valence electrons. The molecule has 0 bridgehead atoms. The van der Waals surface area contributed by atoms with Crippen LogP contribution in [0.3, 0.4) is 0 Å². The lowest BCUT2D eigenvalue weighted by molar-refractivity contribution is 0.193. The number of rotatable bonds is 10. The van der Waals surface area contributed by atoms with Gasteiger partial charge in [-0.25, -0.2) is 16.8 Å². The van der Waals surface area contributed by atoms with E-state index in [9.17, 15) is 21.9 Å². The summed E-state index contributed by atoms with van der Waals surface area (Å²) < 4.78 is 59.3. The van der Waals surface area contributed by atoms with Crippen LogP contribution in [0, 0.1) is 0 Å². The monoisotopic (exact) mass is 490 g/mol. The summed E-state index contributed by atoms with van der Waals surface area (Å²) in [6.07, 6.45) is -0.311. The molecule has 3 aromatic carbocycles. The number of aliphatic hydroxyl groups excluding tert-OH is 1. The topological polar surface area (TPSA) is 104 Å². The molecule has 10 heteroatoms. The molecule has 0 aromatic heterocycles. The van der Waals surface area contributed by atoms with Crippen LogP contribution in [-0.2, 0) is 20.0 Å². The number of hydrogen-bond donors (Lipinski definition) is 1. The highest BCUT2D eigenvalue weighted by molar-refractivity contribution is 7.93. The molecule has 1 N–H and O–H groups in total. The molecule has 3 rings (SSSR count). The van der Waals surface area contributed by atoms with Crippen LogP contribution in [0.1, 0.15) is 0 Å². The van der Waals surface area contributed by atoms with Crippen LogP contribution in [0.2, 0.25) is 0 Å². The smallest absolute Gasteiger partial charge is 0.264 e. The van der Waals surface area contributed by atoms with E-state index in [2.05, 4.69) is 0 Å². The quantitative estimate of drug-likeness (QED) is 0.469. The van der Waals surface area contributed by atoms with E-state index >= 15 is 0 Å². The number of ether oxygens (including phenoxy) is 1. The van der Waals surface area contributed by atoms with E-state index < -0.39 is 32.7 Å². The molecule has 0 unspecified atom stereocenters. The van der Waals surface area contributed by atoms with Crippen LogP contribution < -0.4 is 13.3 Å². The molecule has 0 amide bonds. The van der Waals surface area contributed by atoms with Crippen molar-refractivity contribution in [1.82, 2.24) is 0 Å². The van der Waals surface area contributed by atoms with Gasteiger partial charge < -0.3 is 9.84 Å². The van der Waals surface area contributed by atoms with Gasteiger partial charge in [-0.05, 0) is 36.4 Å². The Morgan fingerprint density at radius 2 is 1.30 bits per heavy atom. The lowest BCUT2D eigenvalue weighted by Crippen LogP contribution is -2.44. The molecule has 0 spiro atoms. The average molecular weight is 491 g/mol. The Hall–Kier alpha value is -3.08. The molecule has 0 aliphatic carbocycles. The van der Waals surface area contributed by atoms with Crippen LogP contribution in [0.15, 0.2) is 89.8 Å². The minimum absolute atomic E-state index is 0.0335. The molecular formula is C23H26N2O6S2. The van der Waals surface area contributed by atoms with Crippen molar-refractivity contribution in [3.05, 3.63) is 84.9 Å². The number of hydrogen-bond acceptors (Lipinski definition) is 6. The highest BCUT2D eigenvalue weighted by Crippen LogP contribution is 2.32. The van der Waals surface area contributed by atoms with Crippen molar-refractivity contribution >= 4 is 31.4 Å². The fraction of sp³-hybridized carbons (Fsp3) is 0.217. The van der Waals surface area contributed by atoms with Gasteiger partial charge in [-0.1, -0.05) is 48.5 Å². The second-order valence-electron chi connectivity index (χ2n) is 7.30. The third-order valence-corrected chi connectivity index (χ3v) is 7.84. The number of para-hydroxylation sites is 3. The third-order valence-electron chi connectivity index (χ3n) is 4.88. The first-order chi connectivity index (χ1) is 15.6. The second-order valence-corrected chi connectivity index (χ2v) is 11.1. The molecule has 0 radical (unpaired) electrons. The predicted molar refractivity (Wildman–Crippen MR) is 129 cm³/mol. The Labute approximate surface area is 194 Å². The molecule has 0 heterocycles. The summed E-state index contributed by atoms with van der Waals surface area (Å²) in [6, 6.07) is 22.7. The van der Waals surface area contributed by atoms with Gasteiger partial charge in [0.15, 0.2) is 0 Å². The van der Waals surface area contributed by atoms with E-state index in [0.29, 0.717) is 11.4 Å². The van der Waals surface area contributed by atoms with Gasteiger partial charge in [0.1, 0.15) is 5.75 Å². The molecule has 0 saturated carbocycles. The number of nitrogens with zero attached hydrogens (tertiary/aromatic N) is 2. The van der Waals surface area contributed by atoms with Crippen molar-refractivity contribution in [3.8, 4) is 5.75 Å². The molecule has 0 aliphatic heterocycles. The van der Waals surface area contributed by atoms with E-state index in [4.69, 9.17) is 4.74 Å². The highest BCUT2D eigenvalue weighted by atomic mass is 32.2. The van der Waals surface area contributed by atoms with Crippen molar-refractivity contribution in [2.75, 3.05) is 35.1 Å². The lowest BCUT2D eigenvalue weighted by Gasteiger charge is -2.30. The zero-order chi connectivity index (χ0) is 24.1. The second kappa shape index (κ2) is 10.2. The van der Waals surface area contributed by atoms with Gasteiger partial charge in [0.25, 0.3) is 10.0 Å². The maximum Gasteiger partial charge on any atom is 0.264 e. The zero-order valence-electron chi connectivity index (χ0n) is 18.3. The Morgan fingerprint density at radius 1 is 0.788 bits per heavy atom. The summed E-state index contributed by atoms with van der Waals surface area (Å²) in [7, 11) is -6.41. The van der Waals surface area contributed by atoms with Crippen molar-refractivity contribution < 1.29 is 26.7 Å². The minimum Gasteiger partial charge on any atom is -0.495 e. The summed E-state index contributed by atoms with van der Waals surface area (Å²) in [5, 5.41) is 10.9. The summed E-state index contributed by atoms with van der Waals surface area (Å²) in [4.78, 5) is 0.0335. The lowest BCUT2D eigenvalue weighted by atomic mass is 10.2. The minimum atomic E-state index is -4.09. The highest BCUT2D eigenvalue weighted by Gasteiger charge is 2.31. The Bertz CT molecular complexity index is 1270. The molecule has 8 nitrogen and oxygen atoms in total. The van der Waals surface area contributed by atoms with E-state index in [-0.39, 0.29) is 17.1 Å². The van der Waals surface area contributed by atoms with E-state index in [0.717, 1.165) is 14.9 Å². The van der Waals surface area contributed by atoms with E-state index in [1.54, 1.807) is 72.8 Å². The van der Waals surface area contributed by atoms with Gasteiger partial charge in [-0.3, -0.25) is 8.61 Å². The van der Waals surface area contributed by atoms with Crippen LogP contribution in [-0.4, -0.2) is 54.5 Å². The fourth-order valence-corrected chi connectivity index (χ4v) is 5.83. The van der Waals surface area contributed by atoms with Crippen LogP contribution in [0.5, 0.6) is 5.75 Å². The zero-order valence-corrected chi connectivity index (χ0v) is 19.9. The van der Waals surface area contributed by atoms with Crippen molar-refractivity contribution in [3.63, 3.8) is 0 Å². The number of anilines is 2. The standard InChI is InChI=1S/C23H26N2O6S2/c1-31-23-16-10-9-15-22(23)25(33(29,30)21-13-7-4-8-14-21)18-20(26)17-24(32(2,27)28)19-11-5-3-6-12-19/h3-16,20,26H,17-18H2,1-2H3/t20-/m0/s1. The largest absolute Gasteiger partial charge is 0.495 e. The molecule has 0 fully saturated rings.